The molecule has 3 aromatic heterocycles. The van der Waals surface area contributed by atoms with E-state index in [0.29, 0.717) is 37.6 Å². The number of rotatable bonds is 4. The van der Waals surface area contributed by atoms with E-state index in [0.717, 1.165) is 0 Å². The molecule has 0 saturated carbocycles. The molecular weight excluding hydrogens is 391 g/mol. The number of halogens is 3. The van der Waals surface area contributed by atoms with Crippen molar-refractivity contribution < 1.29 is 22.5 Å². The number of hydrogen-bond acceptors (Lipinski definition) is 7. The maximum Gasteiger partial charge on any atom is 0.471 e. The summed E-state index contributed by atoms with van der Waals surface area (Å²) in [6.07, 6.45) is 0.0722. The predicted molar refractivity (Wildman–Crippen MR) is 93.6 cm³/mol. The molecule has 0 N–H and O–H groups in total. The average Bonchev–Trinajstić information content (AvgIpc) is 3.40. The minimum Gasteiger partial charge on any atom is -0.353 e. The molecule has 12 heteroatoms. The van der Waals surface area contributed by atoms with Crippen LogP contribution in [-0.4, -0.2) is 61.9 Å². The zero-order valence-electron chi connectivity index (χ0n) is 15.1. The molecule has 29 heavy (non-hydrogen) atoms. The molecule has 1 aliphatic heterocycles. The van der Waals surface area contributed by atoms with E-state index in [1.807, 2.05) is 4.90 Å². The molecule has 4 heterocycles. The Morgan fingerprint density at radius 3 is 2.55 bits per heavy atom. The highest BCUT2D eigenvalue weighted by atomic mass is 19.4. The molecule has 0 unspecified atom stereocenters. The van der Waals surface area contributed by atoms with Crippen molar-refractivity contribution in [2.45, 2.75) is 12.7 Å². The average molecular weight is 407 g/mol. The summed E-state index contributed by atoms with van der Waals surface area (Å²) in [6.45, 7) is 2.48. The van der Waals surface area contributed by atoms with Crippen LogP contribution in [0.15, 0.2) is 41.3 Å². The number of piperazine rings is 1. The van der Waals surface area contributed by atoms with Gasteiger partial charge in [0.1, 0.15) is 12.4 Å². The van der Waals surface area contributed by atoms with Crippen LogP contribution in [0.2, 0.25) is 0 Å². The third-order valence-corrected chi connectivity index (χ3v) is 4.49. The van der Waals surface area contributed by atoms with Gasteiger partial charge in [-0.3, -0.25) is 9.48 Å². The van der Waals surface area contributed by atoms with Gasteiger partial charge in [0.15, 0.2) is 0 Å². The van der Waals surface area contributed by atoms with E-state index in [1.54, 1.807) is 40.2 Å². The first-order valence-corrected chi connectivity index (χ1v) is 8.77. The number of carbonyl (C=O) groups excluding carboxylic acids is 1. The first-order chi connectivity index (χ1) is 13.9. The van der Waals surface area contributed by atoms with Gasteiger partial charge in [-0.1, -0.05) is 5.16 Å². The number of carbonyl (C=O) groups is 1. The second-order valence-corrected chi connectivity index (χ2v) is 6.40. The highest BCUT2D eigenvalue weighted by molar-refractivity contribution is 5.76. The lowest BCUT2D eigenvalue weighted by Gasteiger charge is -2.35. The van der Waals surface area contributed by atoms with Crippen molar-refractivity contribution in [1.29, 1.82) is 0 Å². The van der Waals surface area contributed by atoms with E-state index in [2.05, 4.69) is 24.7 Å². The third-order valence-electron chi connectivity index (χ3n) is 4.49. The summed E-state index contributed by atoms with van der Waals surface area (Å²) in [4.78, 5) is 23.7. The van der Waals surface area contributed by atoms with Crippen molar-refractivity contribution in [3.63, 3.8) is 0 Å². The Morgan fingerprint density at radius 2 is 1.97 bits per heavy atom. The van der Waals surface area contributed by atoms with Crippen molar-refractivity contribution in [2.75, 3.05) is 31.1 Å². The van der Waals surface area contributed by atoms with Crippen LogP contribution in [-0.2, 0) is 17.5 Å². The Morgan fingerprint density at radius 1 is 1.17 bits per heavy atom. The molecule has 0 spiro atoms. The molecule has 3 aromatic rings. The Balaban J connectivity index is 1.35. The number of pyridine rings is 1. The van der Waals surface area contributed by atoms with E-state index in [4.69, 9.17) is 0 Å². The lowest BCUT2D eigenvalue weighted by atomic mass is 10.2. The van der Waals surface area contributed by atoms with Gasteiger partial charge >= 0.3 is 12.1 Å². The molecular formula is C17H16F3N7O2. The number of aromatic nitrogens is 5. The highest BCUT2D eigenvalue weighted by Gasteiger charge is 2.38. The molecule has 0 aliphatic carbocycles. The Hall–Kier alpha value is -3.44. The predicted octanol–water partition coefficient (Wildman–Crippen LogP) is 1.70. The number of nitrogens with zero attached hydrogens (tertiary/aromatic N) is 7. The van der Waals surface area contributed by atoms with Gasteiger partial charge in [0.2, 0.25) is 11.7 Å². The van der Waals surface area contributed by atoms with Crippen LogP contribution < -0.4 is 4.90 Å². The Kier molecular flexibility index (Phi) is 4.91. The van der Waals surface area contributed by atoms with Gasteiger partial charge in [0.05, 0.1) is 0 Å². The van der Waals surface area contributed by atoms with Gasteiger partial charge in [-0.25, -0.2) is 4.98 Å². The molecule has 9 nitrogen and oxygen atoms in total. The molecule has 152 valence electrons. The summed E-state index contributed by atoms with van der Waals surface area (Å²) in [5.74, 6) is -0.917. The first kappa shape index (κ1) is 18.9. The largest absolute Gasteiger partial charge is 0.471 e. The lowest BCUT2D eigenvalue weighted by molar-refractivity contribution is -0.159. The molecule has 1 amide bonds. The zero-order valence-corrected chi connectivity index (χ0v) is 15.1. The fraction of sp³-hybridized carbons (Fsp3) is 0.353. The fourth-order valence-electron chi connectivity index (χ4n) is 2.98. The van der Waals surface area contributed by atoms with Crippen LogP contribution in [0.1, 0.15) is 5.89 Å². The molecule has 0 aromatic carbocycles. The van der Waals surface area contributed by atoms with E-state index in [9.17, 15) is 18.0 Å². The standard InChI is InChI=1S/C17H16F3N7O2/c18-17(19,20)16-23-15(24-29-16)12-2-3-13(21-10-12)25-6-8-26(9-7-25)14(28)11-27-5-1-4-22-27/h1-5,10H,6-9,11H2. The topological polar surface area (TPSA) is 93.2 Å². The van der Waals surface area contributed by atoms with E-state index >= 15 is 0 Å². The van der Waals surface area contributed by atoms with Crippen LogP contribution >= 0.6 is 0 Å². The van der Waals surface area contributed by atoms with Gasteiger partial charge in [-0.15, -0.1) is 0 Å². The van der Waals surface area contributed by atoms with Crippen LogP contribution in [0.3, 0.4) is 0 Å². The van der Waals surface area contributed by atoms with E-state index in [1.165, 1.54) is 6.20 Å². The summed E-state index contributed by atoms with van der Waals surface area (Å²) < 4.78 is 43.5. The van der Waals surface area contributed by atoms with Gasteiger partial charge in [0, 0.05) is 50.3 Å². The smallest absolute Gasteiger partial charge is 0.353 e. The molecule has 0 atom stereocenters. The molecule has 0 bridgehead atoms. The highest BCUT2D eigenvalue weighted by Crippen LogP contribution is 2.29. The van der Waals surface area contributed by atoms with Crippen LogP contribution in [0.25, 0.3) is 11.4 Å². The van der Waals surface area contributed by atoms with Gasteiger partial charge in [-0.05, 0) is 18.2 Å². The summed E-state index contributed by atoms with van der Waals surface area (Å²) in [7, 11) is 0. The molecule has 0 radical (unpaired) electrons. The third kappa shape index (κ3) is 4.20. The molecule has 4 rings (SSSR count). The second kappa shape index (κ2) is 7.53. The molecule has 1 fully saturated rings. The van der Waals surface area contributed by atoms with Crippen molar-refractivity contribution >= 4 is 11.7 Å². The maximum atomic E-state index is 12.6. The molecule has 1 saturated heterocycles. The number of hydrogen-bond donors (Lipinski definition) is 0. The van der Waals surface area contributed by atoms with Gasteiger partial charge < -0.3 is 14.3 Å². The minimum absolute atomic E-state index is 0.00534. The van der Waals surface area contributed by atoms with Gasteiger partial charge in [0.25, 0.3) is 0 Å². The Labute approximate surface area is 162 Å². The summed E-state index contributed by atoms with van der Waals surface area (Å²) in [6, 6.07) is 5.03. The summed E-state index contributed by atoms with van der Waals surface area (Å²) in [5.41, 5.74) is 0.320. The SMILES string of the molecule is O=C(Cn1cccn1)N1CCN(c2ccc(-c3noc(C(F)(F)F)n3)cn2)CC1. The number of amides is 1. The number of alkyl halides is 3. The second-order valence-electron chi connectivity index (χ2n) is 6.40. The number of anilines is 1. The summed E-state index contributed by atoms with van der Waals surface area (Å²) in [5, 5.41) is 7.38. The zero-order chi connectivity index (χ0) is 20.4. The first-order valence-electron chi connectivity index (χ1n) is 8.77. The normalized spacial score (nSPS) is 15.0. The van der Waals surface area contributed by atoms with Crippen molar-refractivity contribution in [1.82, 2.24) is 29.8 Å². The van der Waals surface area contributed by atoms with Crippen LogP contribution in [0, 0.1) is 0 Å². The van der Waals surface area contributed by atoms with Crippen LogP contribution in [0.5, 0.6) is 0 Å². The quantitative estimate of drug-likeness (QED) is 0.650. The van der Waals surface area contributed by atoms with Crippen LogP contribution in [0.4, 0.5) is 19.0 Å². The van der Waals surface area contributed by atoms with Gasteiger partial charge in [-0.2, -0.15) is 23.3 Å². The van der Waals surface area contributed by atoms with Crippen molar-refractivity contribution in [3.8, 4) is 11.4 Å². The Bertz CT molecular complexity index is 962. The minimum atomic E-state index is -4.69. The van der Waals surface area contributed by atoms with Crippen molar-refractivity contribution in [2.24, 2.45) is 0 Å². The van der Waals surface area contributed by atoms with Crippen molar-refractivity contribution in [3.05, 3.63) is 42.7 Å². The van der Waals surface area contributed by atoms with E-state index < -0.39 is 12.1 Å². The fourth-order valence-corrected chi connectivity index (χ4v) is 2.98. The van der Waals surface area contributed by atoms with E-state index in [-0.39, 0.29) is 18.3 Å². The maximum absolute atomic E-state index is 12.6. The lowest BCUT2D eigenvalue weighted by Crippen LogP contribution is -2.49. The molecule has 1 aliphatic rings. The summed E-state index contributed by atoms with van der Waals surface area (Å²) >= 11 is 0. The monoisotopic (exact) mass is 407 g/mol.